The largest absolute Gasteiger partial charge is 0.312 e. The molecule has 0 aliphatic rings. The Morgan fingerprint density at radius 2 is 2.18 bits per heavy atom. The van der Waals surface area contributed by atoms with Crippen molar-refractivity contribution in [2.24, 2.45) is 5.92 Å². The molecule has 0 aromatic carbocycles. The molecule has 0 fully saturated rings. The van der Waals surface area contributed by atoms with Crippen molar-refractivity contribution >= 4 is 38.9 Å². The van der Waals surface area contributed by atoms with Gasteiger partial charge in [-0.2, -0.15) is 0 Å². The zero-order chi connectivity index (χ0) is 12.8. The minimum atomic E-state index is 0.431. The molecule has 0 saturated carbocycles. The maximum Gasteiger partial charge on any atom is 0.0887 e. The van der Waals surface area contributed by atoms with Gasteiger partial charge in [0.05, 0.1) is 8.81 Å². The highest BCUT2D eigenvalue weighted by Crippen LogP contribution is 2.39. The van der Waals surface area contributed by atoms with Crippen LogP contribution in [0.4, 0.5) is 0 Å². The number of thiophene rings is 1. The predicted molar refractivity (Wildman–Crippen MR) is 82.1 cm³/mol. The van der Waals surface area contributed by atoms with Gasteiger partial charge < -0.3 is 5.32 Å². The predicted octanol–water partition coefficient (Wildman–Crippen LogP) is 5.64. The summed E-state index contributed by atoms with van der Waals surface area (Å²) in [5, 5.41) is 4.28. The molecular weight excluding hydrogens is 318 g/mol. The Kier molecular flexibility index (Phi) is 7.08. The minimum absolute atomic E-state index is 0.431. The van der Waals surface area contributed by atoms with E-state index in [9.17, 15) is 0 Å². The van der Waals surface area contributed by atoms with Crippen molar-refractivity contribution in [3.63, 3.8) is 0 Å². The molecule has 98 valence electrons. The molecule has 2 unspecified atom stereocenters. The van der Waals surface area contributed by atoms with Crippen LogP contribution in [-0.4, -0.2) is 7.05 Å². The molecule has 0 saturated heterocycles. The molecule has 4 heteroatoms. The van der Waals surface area contributed by atoms with Gasteiger partial charge in [0.2, 0.25) is 0 Å². The van der Waals surface area contributed by atoms with Crippen LogP contribution < -0.4 is 5.32 Å². The van der Waals surface area contributed by atoms with Crippen LogP contribution in [0.1, 0.15) is 50.4 Å². The van der Waals surface area contributed by atoms with Crippen molar-refractivity contribution in [3.8, 4) is 0 Å². The molecule has 2 atom stereocenters. The lowest BCUT2D eigenvalue weighted by atomic mass is 9.90. The van der Waals surface area contributed by atoms with Gasteiger partial charge >= 0.3 is 0 Å². The van der Waals surface area contributed by atoms with Crippen molar-refractivity contribution < 1.29 is 0 Å². The third kappa shape index (κ3) is 4.23. The molecule has 0 spiro atoms. The summed E-state index contributed by atoms with van der Waals surface area (Å²) in [4.78, 5) is 1.34. The fraction of sp³-hybridized carbons (Fsp3) is 0.692. The summed E-state index contributed by atoms with van der Waals surface area (Å²) in [5.74, 6) is 0.696. The molecule has 1 heterocycles. The number of hydrogen-bond acceptors (Lipinski definition) is 2. The van der Waals surface area contributed by atoms with Crippen molar-refractivity contribution in [2.75, 3.05) is 7.05 Å². The molecule has 0 aliphatic heterocycles. The van der Waals surface area contributed by atoms with E-state index in [-0.39, 0.29) is 0 Å². The van der Waals surface area contributed by atoms with E-state index in [4.69, 9.17) is 11.6 Å². The van der Waals surface area contributed by atoms with E-state index >= 15 is 0 Å². The smallest absolute Gasteiger partial charge is 0.0887 e. The van der Waals surface area contributed by atoms with E-state index in [1.807, 2.05) is 7.05 Å². The van der Waals surface area contributed by atoms with Gasteiger partial charge in [-0.1, -0.05) is 44.7 Å². The van der Waals surface area contributed by atoms with Crippen LogP contribution in [0.15, 0.2) is 9.85 Å². The Hall–Kier alpha value is 0.430. The maximum atomic E-state index is 6.12. The number of halogens is 2. The van der Waals surface area contributed by atoms with Crippen LogP contribution in [0.2, 0.25) is 5.02 Å². The molecular formula is C13H21BrClNS. The standard InChI is InChI=1S/C13H21BrClNS/c1-4-6-7-9(5-2)12(16-3)11-8-10(15)13(14)17-11/h8-9,12,16H,4-7H2,1-3H3. The van der Waals surface area contributed by atoms with Gasteiger partial charge in [-0.15, -0.1) is 11.3 Å². The summed E-state index contributed by atoms with van der Waals surface area (Å²) in [6.45, 7) is 4.52. The summed E-state index contributed by atoms with van der Waals surface area (Å²) in [6, 6.07) is 2.52. The van der Waals surface area contributed by atoms with Gasteiger partial charge in [0.25, 0.3) is 0 Å². The first-order valence-corrected chi connectivity index (χ1v) is 8.24. The topological polar surface area (TPSA) is 12.0 Å². The van der Waals surface area contributed by atoms with Crippen LogP contribution in [0.3, 0.4) is 0 Å². The normalized spacial score (nSPS) is 14.9. The monoisotopic (exact) mass is 337 g/mol. The molecule has 0 radical (unpaired) electrons. The van der Waals surface area contributed by atoms with Gasteiger partial charge in [0.15, 0.2) is 0 Å². The first kappa shape index (κ1) is 15.5. The summed E-state index contributed by atoms with van der Waals surface area (Å²) in [6.07, 6.45) is 5.06. The van der Waals surface area contributed by atoms with Gasteiger partial charge in [-0.05, 0) is 41.4 Å². The summed E-state index contributed by atoms with van der Waals surface area (Å²) in [5.41, 5.74) is 0. The van der Waals surface area contributed by atoms with Crippen molar-refractivity contribution in [1.29, 1.82) is 0 Å². The zero-order valence-electron chi connectivity index (χ0n) is 10.7. The third-order valence-electron chi connectivity index (χ3n) is 3.21. The average Bonchev–Trinajstić information content (AvgIpc) is 2.64. The summed E-state index contributed by atoms with van der Waals surface area (Å²) < 4.78 is 1.04. The molecule has 1 nitrogen and oxygen atoms in total. The highest BCUT2D eigenvalue weighted by Gasteiger charge is 2.22. The second-order valence-corrected chi connectivity index (χ2v) is 7.16. The van der Waals surface area contributed by atoms with Crippen molar-refractivity contribution in [1.82, 2.24) is 5.32 Å². The molecule has 1 aromatic heterocycles. The Bertz CT molecular complexity index is 321. The van der Waals surface area contributed by atoms with E-state index < -0.39 is 0 Å². The van der Waals surface area contributed by atoms with Crippen LogP contribution in [0.25, 0.3) is 0 Å². The van der Waals surface area contributed by atoms with E-state index in [1.54, 1.807) is 11.3 Å². The number of unbranched alkanes of at least 4 members (excludes halogenated alkanes) is 1. The highest BCUT2D eigenvalue weighted by molar-refractivity contribution is 9.11. The lowest BCUT2D eigenvalue weighted by Crippen LogP contribution is -2.24. The molecule has 0 bridgehead atoms. The molecule has 0 amide bonds. The van der Waals surface area contributed by atoms with E-state index in [1.165, 1.54) is 30.6 Å². The van der Waals surface area contributed by atoms with E-state index in [0.29, 0.717) is 12.0 Å². The summed E-state index contributed by atoms with van der Waals surface area (Å²) >= 11 is 11.4. The Labute approximate surface area is 122 Å². The summed E-state index contributed by atoms with van der Waals surface area (Å²) in [7, 11) is 2.04. The van der Waals surface area contributed by atoms with Gasteiger partial charge in [0.1, 0.15) is 0 Å². The van der Waals surface area contributed by atoms with Gasteiger partial charge in [-0.25, -0.2) is 0 Å². The van der Waals surface area contributed by atoms with Gasteiger partial charge in [0, 0.05) is 10.9 Å². The number of rotatable bonds is 7. The van der Waals surface area contributed by atoms with Crippen molar-refractivity contribution in [2.45, 2.75) is 45.6 Å². The molecule has 1 aromatic rings. The lowest BCUT2D eigenvalue weighted by molar-refractivity contribution is 0.343. The Morgan fingerprint density at radius 1 is 1.47 bits per heavy atom. The molecule has 0 aliphatic carbocycles. The first-order chi connectivity index (χ1) is 8.13. The molecule has 1 N–H and O–H groups in total. The number of nitrogens with one attached hydrogen (secondary N) is 1. The van der Waals surface area contributed by atoms with Crippen molar-refractivity contribution in [3.05, 3.63) is 19.8 Å². The number of hydrogen-bond donors (Lipinski definition) is 1. The van der Waals surface area contributed by atoms with Gasteiger partial charge in [-0.3, -0.25) is 0 Å². The van der Waals surface area contributed by atoms with Crippen LogP contribution in [-0.2, 0) is 0 Å². The Morgan fingerprint density at radius 3 is 2.59 bits per heavy atom. The maximum absolute atomic E-state index is 6.12. The minimum Gasteiger partial charge on any atom is -0.312 e. The second kappa shape index (κ2) is 7.78. The lowest BCUT2D eigenvalue weighted by Gasteiger charge is -2.25. The van der Waals surface area contributed by atoms with E-state index in [0.717, 1.165) is 8.81 Å². The third-order valence-corrected chi connectivity index (χ3v) is 5.76. The SMILES string of the molecule is CCCCC(CC)C(NC)c1cc(Cl)c(Br)s1. The fourth-order valence-corrected chi connectivity index (χ4v) is 4.15. The van der Waals surface area contributed by atoms with Crippen LogP contribution >= 0.6 is 38.9 Å². The Balaban J connectivity index is 2.80. The highest BCUT2D eigenvalue weighted by atomic mass is 79.9. The zero-order valence-corrected chi connectivity index (χ0v) is 13.9. The quantitative estimate of drug-likeness (QED) is 0.678. The second-order valence-electron chi connectivity index (χ2n) is 4.35. The average molecular weight is 339 g/mol. The van der Waals surface area contributed by atoms with Crippen LogP contribution in [0, 0.1) is 5.92 Å². The first-order valence-electron chi connectivity index (χ1n) is 6.25. The molecule has 1 rings (SSSR count). The molecule has 17 heavy (non-hydrogen) atoms. The fourth-order valence-electron chi connectivity index (χ4n) is 2.20. The van der Waals surface area contributed by atoms with E-state index in [2.05, 4.69) is 41.2 Å². The van der Waals surface area contributed by atoms with Crippen LogP contribution in [0.5, 0.6) is 0 Å².